The van der Waals surface area contributed by atoms with Crippen molar-refractivity contribution in [1.82, 2.24) is 19.0 Å². The van der Waals surface area contributed by atoms with Crippen LogP contribution in [0.5, 0.6) is 0 Å². The van der Waals surface area contributed by atoms with Crippen molar-refractivity contribution in [3.63, 3.8) is 0 Å². The maximum absolute atomic E-state index is 12.7. The predicted octanol–water partition coefficient (Wildman–Crippen LogP) is 1.25. The van der Waals surface area contributed by atoms with Crippen molar-refractivity contribution in [2.24, 2.45) is 0 Å². The molecule has 3 rings (SSSR count). The van der Waals surface area contributed by atoms with Gasteiger partial charge in [0.1, 0.15) is 6.04 Å². The second-order valence-corrected chi connectivity index (χ2v) is 8.29. The fourth-order valence-corrected chi connectivity index (χ4v) is 4.27. The number of aromatic nitrogens is 2. The molecular formula is C17H22N4O3S. The van der Waals surface area contributed by atoms with Crippen molar-refractivity contribution in [2.45, 2.75) is 25.4 Å². The number of hydrogen-bond donors (Lipinski definition) is 0. The lowest BCUT2D eigenvalue weighted by Gasteiger charge is -2.26. The van der Waals surface area contributed by atoms with Gasteiger partial charge in [-0.25, -0.2) is 13.1 Å². The highest BCUT2D eigenvalue weighted by Gasteiger charge is 2.37. The van der Waals surface area contributed by atoms with Crippen LogP contribution in [-0.4, -0.2) is 59.2 Å². The number of amides is 1. The summed E-state index contributed by atoms with van der Waals surface area (Å²) in [4.78, 5) is 14.2. The monoisotopic (exact) mass is 362 g/mol. The van der Waals surface area contributed by atoms with Crippen LogP contribution in [0.25, 0.3) is 5.69 Å². The molecule has 1 fully saturated rings. The van der Waals surface area contributed by atoms with Gasteiger partial charge >= 0.3 is 0 Å². The molecule has 2 aromatic rings. The van der Waals surface area contributed by atoms with Gasteiger partial charge < -0.3 is 4.90 Å². The molecule has 2 heterocycles. The van der Waals surface area contributed by atoms with Crippen molar-refractivity contribution in [2.75, 3.05) is 19.8 Å². The summed E-state index contributed by atoms with van der Waals surface area (Å²) in [7, 11) is -1.67. The van der Waals surface area contributed by atoms with E-state index in [1.807, 2.05) is 36.5 Å². The highest BCUT2D eigenvalue weighted by molar-refractivity contribution is 7.88. The SMILES string of the molecule is CN(Cc1cnn(-c2ccccc2)c1)C(=O)C1CCCN1S(C)(=O)=O. The maximum atomic E-state index is 12.7. The first-order chi connectivity index (χ1) is 11.9. The molecule has 1 amide bonds. The Bertz CT molecular complexity index is 848. The van der Waals surface area contributed by atoms with E-state index < -0.39 is 16.1 Å². The van der Waals surface area contributed by atoms with Gasteiger partial charge in [-0.15, -0.1) is 0 Å². The summed E-state index contributed by atoms with van der Waals surface area (Å²) in [5.74, 6) is -0.171. The Morgan fingerprint density at radius 2 is 2.04 bits per heavy atom. The van der Waals surface area contributed by atoms with Gasteiger partial charge in [0.25, 0.3) is 0 Å². The molecule has 0 radical (unpaired) electrons. The molecule has 0 aliphatic carbocycles. The van der Waals surface area contributed by atoms with Gasteiger partial charge in [-0.2, -0.15) is 9.40 Å². The number of benzene rings is 1. The first-order valence-corrected chi connectivity index (χ1v) is 10.0. The van der Waals surface area contributed by atoms with Gasteiger partial charge in [-0.3, -0.25) is 4.79 Å². The van der Waals surface area contributed by atoms with Crippen LogP contribution in [-0.2, 0) is 21.4 Å². The Kier molecular flexibility index (Phi) is 4.91. The Morgan fingerprint density at radius 1 is 1.32 bits per heavy atom. The smallest absolute Gasteiger partial charge is 0.241 e. The van der Waals surface area contributed by atoms with Gasteiger partial charge in [0.05, 0.1) is 18.1 Å². The third kappa shape index (κ3) is 3.91. The van der Waals surface area contributed by atoms with E-state index >= 15 is 0 Å². The molecule has 25 heavy (non-hydrogen) atoms. The quantitative estimate of drug-likeness (QED) is 0.802. The summed E-state index contributed by atoms with van der Waals surface area (Å²) in [6.45, 7) is 0.800. The number of carbonyl (C=O) groups excluding carboxylic acids is 1. The molecule has 134 valence electrons. The number of carbonyl (C=O) groups is 1. The van der Waals surface area contributed by atoms with E-state index in [0.29, 0.717) is 25.9 Å². The molecule has 0 N–H and O–H groups in total. The lowest BCUT2D eigenvalue weighted by atomic mass is 10.2. The Labute approximate surface area is 147 Å². The molecule has 1 unspecified atom stereocenters. The largest absolute Gasteiger partial charge is 0.340 e. The van der Waals surface area contributed by atoms with Crippen molar-refractivity contribution in [3.05, 3.63) is 48.3 Å². The fourth-order valence-electron chi connectivity index (χ4n) is 3.15. The van der Waals surface area contributed by atoms with E-state index in [9.17, 15) is 13.2 Å². The minimum Gasteiger partial charge on any atom is -0.340 e. The van der Waals surface area contributed by atoms with Crippen molar-refractivity contribution in [1.29, 1.82) is 0 Å². The average molecular weight is 362 g/mol. The molecule has 1 atom stereocenters. The van der Waals surface area contributed by atoms with Crippen LogP contribution >= 0.6 is 0 Å². The van der Waals surface area contributed by atoms with E-state index in [-0.39, 0.29) is 5.91 Å². The summed E-state index contributed by atoms with van der Waals surface area (Å²) in [6.07, 6.45) is 6.03. The van der Waals surface area contributed by atoms with Crippen LogP contribution in [0.4, 0.5) is 0 Å². The molecule has 1 aromatic heterocycles. The summed E-state index contributed by atoms with van der Waals surface area (Å²) < 4.78 is 26.7. The van der Waals surface area contributed by atoms with Crippen molar-refractivity contribution < 1.29 is 13.2 Å². The van der Waals surface area contributed by atoms with Crippen LogP contribution in [0.1, 0.15) is 18.4 Å². The first kappa shape index (κ1) is 17.6. The molecule has 0 spiro atoms. The predicted molar refractivity (Wildman–Crippen MR) is 94.6 cm³/mol. The lowest BCUT2D eigenvalue weighted by Crippen LogP contribution is -2.45. The number of nitrogens with zero attached hydrogens (tertiary/aromatic N) is 4. The molecule has 1 saturated heterocycles. The van der Waals surface area contributed by atoms with Crippen molar-refractivity contribution in [3.8, 4) is 5.69 Å². The Balaban J connectivity index is 1.69. The normalized spacial score (nSPS) is 18.4. The lowest BCUT2D eigenvalue weighted by molar-refractivity contribution is -0.133. The third-order valence-electron chi connectivity index (χ3n) is 4.37. The summed E-state index contributed by atoms with van der Waals surface area (Å²) in [5.41, 5.74) is 1.84. The Hall–Kier alpha value is -2.19. The summed E-state index contributed by atoms with van der Waals surface area (Å²) >= 11 is 0. The molecule has 7 nitrogen and oxygen atoms in total. The van der Waals surface area contributed by atoms with Crippen LogP contribution in [0, 0.1) is 0 Å². The van der Waals surface area contributed by atoms with Gasteiger partial charge in [-0.05, 0) is 25.0 Å². The van der Waals surface area contributed by atoms with Gasteiger partial charge in [0.2, 0.25) is 15.9 Å². The minimum atomic E-state index is -3.37. The van der Waals surface area contributed by atoms with E-state index in [0.717, 1.165) is 17.5 Å². The number of likely N-dealkylation sites (N-methyl/N-ethyl adjacent to an activating group) is 1. The average Bonchev–Trinajstić information content (AvgIpc) is 3.24. The molecule has 8 heteroatoms. The number of rotatable bonds is 5. The van der Waals surface area contributed by atoms with Crippen LogP contribution in [0.15, 0.2) is 42.7 Å². The molecule has 1 aliphatic rings. The standard InChI is InChI=1S/C17H22N4O3S/c1-19(17(22)16-9-6-10-21(16)25(2,23)24)12-14-11-18-20(13-14)15-7-4-3-5-8-15/h3-5,7-8,11,13,16H,6,9-10,12H2,1-2H3. The second kappa shape index (κ2) is 6.97. The van der Waals surface area contributed by atoms with Gasteiger partial charge in [0, 0.05) is 31.9 Å². The minimum absolute atomic E-state index is 0.171. The topological polar surface area (TPSA) is 75.5 Å². The highest BCUT2D eigenvalue weighted by atomic mass is 32.2. The van der Waals surface area contributed by atoms with E-state index in [1.54, 1.807) is 22.8 Å². The van der Waals surface area contributed by atoms with Gasteiger partial charge in [-0.1, -0.05) is 18.2 Å². The molecule has 0 bridgehead atoms. The zero-order valence-corrected chi connectivity index (χ0v) is 15.2. The van der Waals surface area contributed by atoms with Crippen molar-refractivity contribution >= 4 is 15.9 Å². The summed E-state index contributed by atoms with van der Waals surface area (Å²) in [6, 6.07) is 9.13. The Morgan fingerprint density at radius 3 is 2.72 bits per heavy atom. The van der Waals surface area contributed by atoms with E-state index in [1.165, 1.54) is 4.31 Å². The van der Waals surface area contributed by atoms with E-state index in [2.05, 4.69) is 5.10 Å². The number of sulfonamides is 1. The first-order valence-electron chi connectivity index (χ1n) is 8.17. The van der Waals surface area contributed by atoms with E-state index in [4.69, 9.17) is 0 Å². The molecule has 0 saturated carbocycles. The maximum Gasteiger partial charge on any atom is 0.241 e. The molecular weight excluding hydrogens is 340 g/mol. The van der Waals surface area contributed by atoms with Crippen LogP contribution in [0.2, 0.25) is 0 Å². The zero-order valence-electron chi connectivity index (χ0n) is 14.4. The molecule has 1 aromatic carbocycles. The fraction of sp³-hybridized carbons (Fsp3) is 0.412. The second-order valence-electron chi connectivity index (χ2n) is 6.35. The van der Waals surface area contributed by atoms with Gasteiger partial charge in [0.15, 0.2) is 0 Å². The highest BCUT2D eigenvalue weighted by Crippen LogP contribution is 2.22. The zero-order chi connectivity index (χ0) is 18.0. The third-order valence-corrected chi connectivity index (χ3v) is 5.66. The number of hydrogen-bond acceptors (Lipinski definition) is 4. The summed E-state index contributed by atoms with van der Waals surface area (Å²) in [5, 5.41) is 4.32. The van der Waals surface area contributed by atoms with Crippen LogP contribution < -0.4 is 0 Å². The number of para-hydroxylation sites is 1. The molecule has 1 aliphatic heterocycles. The van der Waals surface area contributed by atoms with Crippen LogP contribution in [0.3, 0.4) is 0 Å².